The highest BCUT2D eigenvalue weighted by molar-refractivity contribution is 5.95. The van der Waals surface area contributed by atoms with Gasteiger partial charge in [0.2, 0.25) is 5.75 Å². The van der Waals surface area contributed by atoms with Gasteiger partial charge in [0, 0.05) is 23.6 Å². The van der Waals surface area contributed by atoms with Crippen LogP contribution >= 0.6 is 0 Å². The molecule has 1 aromatic rings. The van der Waals surface area contributed by atoms with Gasteiger partial charge >= 0.3 is 5.97 Å². The fraction of sp³-hybridized carbons (Fsp3) is 0.750. The number of hydrogen-bond acceptors (Lipinski definition) is 16. The molecule has 0 heterocycles. The first-order valence-electron chi connectivity index (χ1n) is 18.6. The van der Waals surface area contributed by atoms with Gasteiger partial charge < -0.3 is 67.3 Å². The van der Waals surface area contributed by atoms with Crippen molar-refractivity contribution in [3.8, 4) is 17.2 Å². The molecule has 0 aromatic heterocycles. The molecule has 0 unspecified atom stereocenters. The van der Waals surface area contributed by atoms with Crippen molar-refractivity contribution >= 4 is 18.3 Å². The van der Waals surface area contributed by atoms with E-state index in [0.29, 0.717) is 84.0 Å². The molecule has 0 saturated carbocycles. The summed E-state index contributed by atoms with van der Waals surface area (Å²) in [6.45, 7) is 10.3. The fourth-order valence-corrected chi connectivity index (χ4v) is 4.14. The standard InChI is InChI=1S/C36H60N4O16/c1-30(2)3-5-38-36(44)31-27-32(54-24-21-50-17-15-47-11-9-45-7-4-34(42)43)35(56-26-23-52-12-10-46-8-6-39-40-37)33(28-31)55-25-22-51-18-16-48-13-14-49-19-20-53-29-41/h27-30H,3-26H2,1-2H3,(H,38,44)(H,42,43). The zero-order valence-corrected chi connectivity index (χ0v) is 32.7. The minimum Gasteiger partial charge on any atom is -0.487 e. The van der Waals surface area contributed by atoms with Crippen LogP contribution < -0.4 is 19.5 Å². The van der Waals surface area contributed by atoms with Crippen molar-refractivity contribution in [1.29, 1.82) is 0 Å². The molecule has 0 radical (unpaired) electrons. The summed E-state index contributed by atoms with van der Waals surface area (Å²) < 4.78 is 66.4. The Morgan fingerprint density at radius 2 is 1.11 bits per heavy atom. The van der Waals surface area contributed by atoms with Crippen molar-refractivity contribution in [3.63, 3.8) is 0 Å². The molecule has 20 nitrogen and oxygen atoms in total. The largest absolute Gasteiger partial charge is 0.487 e. The van der Waals surface area contributed by atoms with E-state index in [0.717, 1.165) is 6.42 Å². The van der Waals surface area contributed by atoms with Crippen LogP contribution in [0.1, 0.15) is 37.0 Å². The number of nitrogens with one attached hydrogen (secondary N) is 1. The molecule has 20 heteroatoms. The Balaban J connectivity index is 2.81. The minimum atomic E-state index is -0.920. The van der Waals surface area contributed by atoms with Crippen molar-refractivity contribution in [2.24, 2.45) is 11.0 Å². The Kier molecular flexibility index (Phi) is 32.7. The predicted molar refractivity (Wildman–Crippen MR) is 200 cm³/mol. The van der Waals surface area contributed by atoms with E-state index < -0.39 is 5.97 Å². The summed E-state index contributed by atoms with van der Waals surface area (Å²) in [6.07, 6.45) is 0.744. The van der Waals surface area contributed by atoms with Crippen molar-refractivity contribution in [1.82, 2.24) is 5.32 Å². The average molecular weight is 805 g/mol. The van der Waals surface area contributed by atoms with Crippen LogP contribution in [0.2, 0.25) is 0 Å². The molecular weight excluding hydrogens is 744 g/mol. The highest BCUT2D eigenvalue weighted by atomic mass is 16.6. The average Bonchev–Trinajstić information content (AvgIpc) is 3.17. The maximum atomic E-state index is 13.2. The summed E-state index contributed by atoms with van der Waals surface area (Å²) in [5.74, 6) is -0.00283. The van der Waals surface area contributed by atoms with Crippen LogP contribution in [0.25, 0.3) is 10.4 Å². The second-order valence-corrected chi connectivity index (χ2v) is 11.7. The zero-order valence-electron chi connectivity index (χ0n) is 32.7. The summed E-state index contributed by atoms with van der Waals surface area (Å²) in [6, 6.07) is 3.18. The molecule has 0 spiro atoms. The van der Waals surface area contributed by atoms with Gasteiger partial charge in [0.25, 0.3) is 12.4 Å². The number of amides is 1. The van der Waals surface area contributed by atoms with E-state index in [-0.39, 0.29) is 109 Å². The molecule has 2 N–H and O–H groups in total. The Morgan fingerprint density at radius 3 is 1.55 bits per heavy atom. The maximum absolute atomic E-state index is 13.2. The summed E-state index contributed by atoms with van der Waals surface area (Å²) in [7, 11) is 0. The lowest BCUT2D eigenvalue weighted by molar-refractivity contribution is -0.138. The van der Waals surface area contributed by atoms with Crippen molar-refractivity contribution in [2.75, 3.05) is 145 Å². The van der Waals surface area contributed by atoms with Crippen molar-refractivity contribution < 1.29 is 76.3 Å². The molecule has 0 atom stereocenters. The molecule has 0 aliphatic carbocycles. The Labute approximate surface area is 328 Å². The van der Waals surface area contributed by atoms with Gasteiger partial charge in [-0.15, -0.1) is 0 Å². The van der Waals surface area contributed by atoms with Crippen LogP contribution in [-0.2, 0) is 52.2 Å². The number of hydrogen-bond donors (Lipinski definition) is 2. The Morgan fingerprint density at radius 1 is 0.679 bits per heavy atom. The lowest BCUT2D eigenvalue weighted by atomic mass is 10.1. The smallest absolute Gasteiger partial charge is 0.305 e. The second-order valence-electron chi connectivity index (χ2n) is 11.7. The molecule has 1 rings (SSSR count). The number of nitrogens with zero attached hydrogens (tertiary/aromatic N) is 3. The monoisotopic (exact) mass is 804 g/mol. The van der Waals surface area contributed by atoms with E-state index in [1.165, 1.54) is 0 Å². The van der Waals surface area contributed by atoms with Gasteiger partial charge in [-0.25, -0.2) is 0 Å². The lowest BCUT2D eigenvalue weighted by Gasteiger charge is -2.19. The van der Waals surface area contributed by atoms with E-state index in [1.807, 2.05) is 0 Å². The van der Waals surface area contributed by atoms with Crippen LogP contribution in [0.4, 0.5) is 0 Å². The number of aliphatic carboxylic acids is 1. The minimum absolute atomic E-state index is 0.0632. The highest BCUT2D eigenvalue weighted by Crippen LogP contribution is 2.39. The van der Waals surface area contributed by atoms with E-state index in [9.17, 15) is 14.4 Å². The first-order valence-corrected chi connectivity index (χ1v) is 18.6. The number of azide groups is 1. The lowest BCUT2D eigenvalue weighted by Crippen LogP contribution is -2.25. The van der Waals surface area contributed by atoms with Crippen LogP contribution in [0.5, 0.6) is 17.2 Å². The third-order valence-corrected chi connectivity index (χ3v) is 6.87. The molecule has 0 aliphatic rings. The molecule has 0 fully saturated rings. The fourth-order valence-electron chi connectivity index (χ4n) is 4.14. The van der Waals surface area contributed by atoms with Gasteiger partial charge in [0.05, 0.1) is 112 Å². The third kappa shape index (κ3) is 29.3. The van der Waals surface area contributed by atoms with Crippen LogP contribution in [0, 0.1) is 5.92 Å². The molecule has 0 aliphatic heterocycles. The summed E-state index contributed by atoms with van der Waals surface area (Å²) in [4.78, 5) is 36.6. The van der Waals surface area contributed by atoms with Gasteiger partial charge in [-0.3, -0.25) is 14.4 Å². The van der Waals surface area contributed by atoms with Gasteiger partial charge in [-0.05, 0) is 30.0 Å². The molecule has 320 valence electrons. The summed E-state index contributed by atoms with van der Waals surface area (Å²) >= 11 is 0. The first-order chi connectivity index (χ1) is 27.4. The van der Waals surface area contributed by atoms with Crippen LogP contribution in [0.15, 0.2) is 17.2 Å². The van der Waals surface area contributed by atoms with Gasteiger partial charge in [-0.2, -0.15) is 0 Å². The Hall–Kier alpha value is -3.98. The van der Waals surface area contributed by atoms with Crippen LogP contribution in [0.3, 0.4) is 0 Å². The molecule has 56 heavy (non-hydrogen) atoms. The number of carbonyl (C=O) groups is 3. The number of benzene rings is 1. The Bertz CT molecular complexity index is 1210. The number of carboxylic acids is 1. The summed E-state index contributed by atoms with van der Waals surface area (Å²) in [5.41, 5.74) is 8.66. The predicted octanol–water partition coefficient (Wildman–Crippen LogP) is 2.69. The number of rotatable bonds is 41. The maximum Gasteiger partial charge on any atom is 0.305 e. The number of carboxylic acid groups (broad SMARTS) is 1. The van der Waals surface area contributed by atoms with Crippen molar-refractivity contribution in [2.45, 2.75) is 26.7 Å². The van der Waals surface area contributed by atoms with Gasteiger partial charge in [-0.1, -0.05) is 19.0 Å². The first kappa shape index (κ1) is 50.0. The van der Waals surface area contributed by atoms with Crippen molar-refractivity contribution in [3.05, 3.63) is 28.1 Å². The van der Waals surface area contributed by atoms with Gasteiger partial charge in [0.1, 0.15) is 26.4 Å². The quantitative estimate of drug-likeness (QED) is 0.0318. The third-order valence-electron chi connectivity index (χ3n) is 6.87. The number of ether oxygens (including phenoxy) is 12. The highest BCUT2D eigenvalue weighted by Gasteiger charge is 2.19. The van der Waals surface area contributed by atoms with E-state index in [4.69, 9.17) is 62.7 Å². The zero-order chi connectivity index (χ0) is 40.7. The van der Waals surface area contributed by atoms with E-state index >= 15 is 0 Å². The normalized spacial score (nSPS) is 10.9. The molecule has 1 aromatic carbocycles. The molecule has 1 amide bonds. The second kappa shape index (κ2) is 36.6. The van der Waals surface area contributed by atoms with E-state index in [1.54, 1.807) is 12.1 Å². The molecule has 0 bridgehead atoms. The van der Waals surface area contributed by atoms with Crippen LogP contribution in [-0.4, -0.2) is 169 Å². The number of carbonyl (C=O) groups excluding carboxylic acids is 2. The molecular formula is C36H60N4O16. The topological polar surface area (TPSA) is 243 Å². The van der Waals surface area contributed by atoms with Gasteiger partial charge in [0.15, 0.2) is 11.5 Å². The SMILES string of the molecule is CC(C)CCNC(=O)c1cc(OCCOCCOCCOCCOC=O)c(OCCOCCOCCN=[N+]=[N-])c(OCCOCCOCCOCCC(=O)O)c1. The molecule has 0 saturated heterocycles. The summed E-state index contributed by atoms with van der Waals surface area (Å²) in [5, 5.41) is 15.0. The van der Waals surface area contributed by atoms with E-state index in [2.05, 4.69) is 33.9 Å².